The molecule has 1 aliphatic rings. The predicted octanol–water partition coefficient (Wildman–Crippen LogP) is 16.0. The molecule has 56 heavy (non-hydrogen) atoms. The second-order valence-corrected chi connectivity index (χ2v) is 17.0. The van der Waals surface area contributed by atoms with Gasteiger partial charge in [-0.1, -0.05) is 172 Å². The summed E-state index contributed by atoms with van der Waals surface area (Å²) in [5.74, 6) is 0. The summed E-state index contributed by atoms with van der Waals surface area (Å²) in [5.41, 5.74) is 13.0. The van der Waals surface area contributed by atoms with Crippen molar-refractivity contribution >= 4 is 74.6 Å². The molecule has 0 aliphatic heterocycles. The van der Waals surface area contributed by atoms with Gasteiger partial charge in [-0.25, -0.2) is 0 Å². The van der Waals surface area contributed by atoms with Crippen LogP contribution in [0.2, 0.25) is 0 Å². The lowest BCUT2D eigenvalue weighted by Gasteiger charge is -2.23. The van der Waals surface area contributed by atoms with Gasteiger partial charge in [-0.3, -0.25) is 0 Å². The second-order valence-electron chi connectivity index (χ2n) is 16.0. The topological polar surface area (TPSA) is 0 Å². The predicted molar refractivity (Wildman–Crippen MR) is 243 cm³/mol. The Hall–Kier alpha value is -6.54. The van der Waals surface area contributed by atoms with Crippen molar-refractivity contribution in [3.05, 3.63) is 193 Å². The molecule has 0 unspecified atom stereocenters. The third kappa shape index (κ3) is 4.47. The Morgan fingerprint density at radius 3 is 1.68 bits per heavy atom. The minimum absolute atomic E-state index is 0.133. The summed E-state index contributed by atoms with van der Waals surface area (Å²) < 4.78 is 2.76. The normalized spacial score (nSPS) is 13.3. The average molecular weight is 729 g/mol. The van der Waals surface area contributed by atoms with Crippen LogP contribution >= 0.6 is 11.3 Å². The Balaban J connectivity index is 1.07. The van der Waals surface area contributed by atoms with Gasteiger partial charge >= 0.3 is 0 Å². The van der Waals surface area contributed by atoms with Crippen LogP contribution in [-0.4, -0.2) is 0 Å². The van der Waals surface area contributed by atoms with Crippen LogP contribution in [0.5, 0.6) is 0 Å². The van der Waals surface area contributed by atoms with Gasteiger partial charge in [-0.15, -0.1) is 11.3 Å². The molecule has 0 saturated heterocycles. The van der Waals surface area contributed by atoms with Crippen molar-refractivity contribution < 1.29 is 0 Å². The van der Waals surface area contributed by atoms with E-state index in [1.54, 1.807) is 0 Å². The Bertz CT molecular complexity index is 3390. The molecule has 11 aromatic rings. The number of fused-ring (bicyclic) bond motifs is 12. The maximum atomic E-state index is 2.49. The first-order chi connectivity index (χ1) is 27.5. The third-order valence-electron chi connectivity index (χ3n) is 12.6. The van der Waals surface area contributed by atoms with E-state index in [1.807, 2.05) is 11.3 Å². The zero-order chi connectivity index (χ0) is 37.1. The van der Waals surface area contributed by atoms with E-state index in [9.17, 15) is 0 Å². The number of hydrogen-bond acceptors (Lipinski definition) is 1. The molecule has 0 spiro atoms. The maximum absolute atomic E-state index is 2.49. The van der Waals surface area contributed by atoms with Gasteiger partial charge in [0.1, 0.15) is 0 Å². The Morgan fingerprint density at radius 2 is 0.946 bits per heavy atom. The van der Waals surface area contributed by atoms with Gasteiger partial charge < -0.3 is 0 Å². The average Bonchev–Trinajstić information content (AvgIpc) is 3.74. The fourth-order valence-electron chi connectivity index (χ4n) is 10.0. The smallest absolute Gasteiger partial charge is 0.0433 e. The maximum Gasteiger partial charge on any atom is 0.0433 e. The van der Waals surface area contributed by atoms with Crippen molar-refractivity contribution in [3.8, 4) is 44.5 Å². The van der Waals surface area contributed by atoms with Crippen molar-refractivity contribution in [2.45, 2.75) is 19.3 Å². The fourth-order valence-corrected chi connectivity index (χ4v) is 11.3. The van der Waals surface area contributed by atoms with Crippen LogP contribution < -0.4 is 0 Å². The third-order valence-corrected chi connectivity index (χ3v) is 13.8. The van der Waals surface area contributed by atoms with Gasteiger partial charge in [-0.05, 0) is 123 Å². The quantitative estimate of drug-likeness (QED) is 0.159. The summed E-state index contributed by atoms with van der Waals surface area (Å²) in [4.78, 5) is 0. The van der Waals surface area contributed by atoms with Crippen LogP contribution in [0.4, 0.5) is 0 Å². The first kappa shape index (κ1) is 31.8. The van der Waals surface area contributed by atoms with E-state index in [-0.39, 0.29) is 5.41 Å². The Kier molecular flexibility index (Phi) is 6.66. The molecule has 12 rings (SSSR count). The highest BCUT2D eigenvalue weighted by Crippen LogP contribution is 2.56. The largest absolute Gasteiger partial charge is 0.135 e. The van der Waals surface area contributed by atoms with E-state index in [0.717, 1.165) is 0 Å². The lowest BCUT2D eigenvalue weighted by Crippen LogP contribution is -2.15. The number of hydrogen-bond donors (Lipinski definition) is 0. The van der Waals surface area contributed by atoms with Crippen molar-refractivity contribution in [2.24, 2.45) is 0 Å². The summed E-state index contributed by atoms with van der Waals surface area (Å²) in [6.45, 7) is 4.85. The number of rotatable bonds is 3. The molecule has 0 amide bonds. The van der Waals surface area contributed by atoms with Gasteiger partial charge in [0.25, 0.3) is 0 Å². The van der Waals surface area contributed by atoms with E-state index in [4.69, 9.17) is 0 Å². The molecule has 0 bridgehead atoms. The van der Waals surface area contributed by atoms with Gasteiger partial charge in [0.05, 0.1) is 0 Å². The minimum atomic E-state index is -0.133. The van der Waals surface area contributed by atoms with Gasteiger partial charge in [0.2, 0.25) is 0 Å². The van der Waals surface area contributed by atoms with E-state index in [2.05, 4.69) is 196 Å². The van der Waals surface area contributed by atoms with Crippen LogP contribution in [0.15, 0.2) is 182 Å². The molecular formula is C55H36S. The molecule has 0 radical (unpaired) electrons. The highest BCUT2D eigenvalue weighted by atomic mass is 32.1. The molecule has 1 aromatic heterocycles. The summed E-state index contributed by atoms with van der Waals surface area (Å²) >= 11 is 1.94. The zero-order valence-electron chi connectivity index (χ0n) is 31.2. The van der Waals surface area contributed by atoms with Crippen LogP contribution in [0, 0.1) is 0 Å². The Morgan fingerprint density at radius 1 is 0.375 bits per heavy atom. The first-order valence-corrected chi connectivity index (χ1v) is 20.4. The van der Waals surface area contributed by atoms with Gasteiger partial charge in [0.15, 0.2) is 0 Å². The van der Waals surface area contributed by atoms with Crippen LogP contribution in [-0.2, 0) is 5.41 Å². The first-order valence-electron chi connectivity index (χ1n) is 19.6. The van der Waals surface area contributed by atoms with Crippen molar-refractivity contribution in [3.63, 3.8) is 0 Å². The van der Waals surface area contributed by atoms with Crippen molar-refractivity contribution in [1.82, 2.24) is 0 Å². The molecule has 0 nitrogen and oxygen atoms in total. The minimum Gasteiger partial charge on any atom is -0.135 e. The van der Waals surface area contributed by atoms with Crippen LogP contribution in [0.3, 0.4) is 0 Å². The second kappa shape index (κ2) is 11.7. The number of benzene rings is 10. The molecule has 0 saturated carbocycles. The van der Waals surface area contributed by atoms with Crippen LogP contribution in [0.25, 0.3) is 108 Å². The fraction of sp³-hybridized carbons (Fsp3) is 0.0545. The molecule has 10 aromatic carbocycles. The number of thiophene rings is 1. The highest BCUT2D eigenvalue weighted by molar-refractivity contribution is 7.26. The van der Waals surface area contributed by atoms with Gasteiger partial charge in [-0.2, -0.15) is 0 Å². The van der Waals surface area contributed by atoms with E-state index >= 15 is 0 Å². The van der Waals surface area contributed by atoms with Crippen LogP contribution in [0.1, 0.15) is 25.0 Å². The summed E-state index contributed by atoms with van der Waals surface area (Å²) in [7, 11) is 0. The molecule has 262 valence electrons. The molecule has 1 heterocycles. The summed E-state index contributed by atoms with van der Waals surface area (Å²) in [6, 6.07) is 68.1. The molecule has 0 fully saturated rings. The van der Waals surface area contributed by atoms with E-state index in [0.29, 0.717) is 0 Å². The molecule has 0 atom stereocenters. The lowest BCUT2D eigenvalue weighted by molar-refractivity contribution is 0.667. The Labute approximate surface area is 329 Å². The highest BCUT2D eigenvalue weighted by Gasteiger charge is 2.38. The van der Waals surface area contributed by atoms with Gasteiger partial charge in [0, 0.05) is 25.6 Å². The van der Waals surface area contributed by atoms with E-state index < -0.39 is 0 Å². The standard InChI is InChI=1S/C55H36S/c1-55(2)48-28-25-39(32-47(48)45-27-29-49-52(53(45)55)46-26-24-34-13-5-6-17-40(34)54(46)56-49)51-43-20-9-7-18-41(43)50(42-19-8-10-21-44(42)51)38-16-11-15-36(31-38)37-23-22-33-12-3-4-14-35(33)30-37/h3-32H,1-2H3. The van der Waals surface area contributed by atoms with Crippen molar-refractivity contribution in [2.75, 3.05) is 0 Å². The molecule has 1 aliphatic carbocycles. The SMILES string of the molecule is CC1(C)c2ccc(-c3c4ccccc4c(-c4cccc(-c5ccc6ccccc6c5)c4)c4ccccc34)cc2-c2ccc3sc4c5ccccc5ccc4c3c21. The van der Waals surface area contributed by atoms with Crippen molar-refractivity contribution in [1.29, 1.82) is 0 Å². The van der Waals surface area contributed by atoms with E-state index in [1.165, 1.54) is 119 Å². The summed E-state index contributed by atoms with van der Waals surface area (Å²) in [5, 5.41) is 13.1. The lowest BCUT2D eigenvalue weighted by atomic mass is 9.80. The summed E-state index contributed by atoms with van der Waals surface area (Å²) in [6.07, 6.45) is 0. The monoisotopic (exact) mass is 728 g/mol. The molecule has 1 heteroatoms. The zero-order valence-corrected chi connectivity index (χ0v) is 32.0. The molecule has 0 N–H and O–H groups in total. The molecular weight excluding hydrogens is 693 g/mol.